The third kappa shape index (κ3) is 4.22. The van der Waals surface area contributed by atoms with Crippen LogP contribution in [0.1, 0.15) is 13.8 Å². The average Bonchev–Trinajstić information content (AvgIpc) is 2.22. The van der Waals surface area contributed by atoms with E-state index in [0.717, 1.165) is 0 Å². The number of nitrogens with zero attached hydrogens (tertiary/aromatic N) is 2. The smallest absolute Gasteiger partial charge is 0.149 e. The minimum Gasteiger partial charge on any atom is -0.382 e. The van der Waals surface area contributed by atoms with Crippen molar-refractivity contribution in [2.45, 2.75) is 20.0 Å². The highest BCUT2D eigenvalue weighted by molar-refractivity contribution is 6.37. The maximum atomic E-state index is 6.05. The molecule has 4 nitrogen and oxygen atoms in total. The molecule has 0 unspecified atom stereocenters. The second-order valence-corrected chi connectivity index (χ2v) is 4.82. The Kier molecular flexibility index (Phi) is 5.31. The molecule has 2 N–H and O–H groups in total. The minimum absolute atomic E-state index is 0.210. The van der Waals surface area contributed by atoms with Crippen molar-refractivity contribution >= 4 is 34.8 Å². The van der Waals surface area contributed by atoms with E-state index < -0.39 is 0 Å². The zero-order chi connectivity index (χ0) is 13.0. The van der Waals surface area contributed by atoms with Crippen molar-refractivity contribution in [2.75, 3.05) is 30.8 Å². The summed E-state index contributed by atoms with van der Waals surface area (Å²) in [5, 5.41) is 0.849. The SMILES string of the molecule is CC(C)OCCN(C)c1nc(N)c(Cl)cc1Cl. The van der Waals surface area contributed by atoms with Crippen LogP contribution in [-0.4, -0.2) is 31.3 Å². The highest BCUT2D eigenvalue weighted by atomic mass is 35.5. The van der Waals surface area contributed by atoms with Crippen LogP contribution in [0.2, 0.25) is 10.0 Å². The van der Waals surface area contributed by atoms with Crippen molar-refractivity contribution in [3.63, 3.8) is 0 Å². The molecule has 6 heteroatoms. The van der Waals surface area contributed by atoms with Gasteiger partial charge in [0.05, 0.1) is 22.8 Å². The normalized spacial score (nSPS) is 10.9. The molecule has 17 heavy (non-hydrogen) atoms. The molecular weight excluding hydrogens is 261 g/mol. The van der Waals surface area contributed by atoms with E-state index in [1.165, 1.54) is 0 Å². The average molecular weight is 278 g/mol. The molecule has 0 saturated carbocycles. The molecule has 1 heterocycles. The first-order valence-electron chi connectivity index (χ1n) is 5.36. The number of hydrogen-bond acceptors (Lipinski definition) is 4. The predicted octanol–water partition coefficient (Wildman–Crippen LogP) is 2.83. The molecule has 0 aliphatic rings. The third-order valence-corrected chi connectivity index (χ3v) is 2.76. The topological polar surface area (TPSA) is 51.4 Å². The Morgan fingerprint density at radius 1 is 1.41 bits per heavy atom. The van der Waals surface area contributed by atoms with Crippen molar-refractivity contribution in [2.24, 2.45) is 0 Å². The summed E-state index contributed by atoms with van der Waals surface area (Å²) in [6, 6.07) is 1.60. The zero-order valence-electron chi connectivity index (χ0n) is 10.2. The summed E-state index contributed by atoms with van der Waals surface area (Å²) < 4.78 is 5.46. The molecule has 1 aromatic rings. The van der Waals surface area contributed by atoms with Crippen molar-refractivity contribution < 1.29 is 4.74 Å². The lowest BCUT2D eigenvalue weighted by Gasteiger charge is -2.20. The van der Waals surface area contributed by atoms with Crippen LogP contribution < -0.4 is 10.6 Å². The van der Waals surface area contributed by atoms with Crippen LogP contribution in [0.5, 0.6) is 0 Å². The summed E-state index contributed by atoms with van der Waals surface area (Å²) in [5.74, 6) is 0.892. The first-order valence-corrected chi connectivity index (χ1v) is 6.11. The van der Waals surface area contributed by atoms with Gasteiger partial charge in [-0.1, -0.05) is 23.2 Å². The quantitative estimate of drug-likeness (QED) is 0.899. The molecular formula is C11H17Cl2N3O. The van der Waals surface area contributed by atoms with E-state index in [1.807, 2.05) is 25.8 Å². The standard InChI is InChI=1S/C11H17Cl2N3O/c1-7(2)17-5-4-16(3)11-9(13)6-8(12)10(14)15-11/h6-7H,4-5H2,1-3H3,(H2,14,15). The van der Waals surface area contributed by atoms with Gasteiger partial charge in [0.1, 0.15) is 11.6 Å². The summed E-state index contributed by atoms with van der Waals surface area (Å²) in [5.41, 5.74) is 5.64. The Morgan fingerprint density at radius 2 is 2.06 bits per heavy atom. The van der Waals surface area contributed by atoms with Gasteiger partial charge in [0.15, 0.2) is 0 Å². The molecule has 0 aliphatic carbocycles. The first kappa shape index (κ1) is 14.4. The lowest BCUT2D eigenvalue weighted by atomic mass is 10.4. The maximum Gasteiger partial charge on any atom is 0.149 e. The number of rotatable bonds is 5. The van der Waals surface area contributed by atoms with Crippen molar-refractivity contribution in [3.8, 4) is 0 Å². The van der Waals surface area contributed by atoms with E-state index in [9.17, 15) is 0 Å². The van der Waals surface area contributed by atoms with E-state index in [0.29, 0.717) is 29.0 Å². The molecule has 0 atom stereocenters. The van der Waals surface area contributed by atoms with Crippen LogP contribution in [0.15, 0.2) is 6.07 Å². The highest BCUT2D eigenvalue weighted by Gasteiger charge is 2.11. The van der Waals surface area contributed by atoms with E-state index in [1.54, 1.807) is 6.07 Å². The van der Waals surface area contributed by atoms with Gasteiger partial charge in [-0.05, 0) is 19.9 Å². The lowest BCUT2D eigenvalue weighted by Crippen LogP contribution is -2.25. The van der Waals surface area contributed by atoms with Gasteiger partial charge < -0.3 is 15.4 Å². The number of hydrogen-bond donors (Lipinski definition) is 1. The van der Waals surface area contributed by atoms with Gasteiger partial charge in [-0.15, -0.1) is 0 Å². The molecule has 0 bridgehead atoms. The van der Waals surface area contributed by atoms with Gasteiger partial charge in [-0.3, -0.25) is 0 Å². The number of nitrogen functional groups attached to an aromatic ring is 1. The molecule has 0 aromatic carbocycles. The van der Waals surface area contributed by atoms with Crippen LogP contribution in [0.4, 0.5) is 11.6 Å². The fourth-order valence-electron chi connectivity index (χ4n) is 1.27. The fraction of sp³-hybridized carbons (Fsp3) is 0.545. The Hall–Kier alpha value is -0.710. The molecule has 96 valence electrons. The van der Waals surface area contributed by atoms with Gasteiger partial charge in [0.2, 0.25) is 0 Å². The van der Waals surface area contributed by atoms with Crippen molar-refractivity contribution in [3.05, 3.63) is 16.1 Å². The number of nitrogens with two attached hydrogens (primary N) is 1. The predicted molar refractivity (Wildman–Crippen MR) is 73.0 cm³/mol. The van der Waals surface area contributed by atoms with Crippen LogP contribution >= 0.6 is 23.2 Å². The van der Waals surface area contributed by atoms with Crippen molar-refractivity contribution in [1.82, 2.24) is 4.98 Å². The molecule has 1 rings (SSSR count). The number of likely N-dealkylation sites (N-methyl/N-ethyl adjacent to an activating group) is 1. The number of aromatic nitrogens is 1. The molecule has 0 radical (unpaired) electrons. The monoisotopic (exact) mass is 277 g/mol. The second kappa shape index (κ2) is 6.28. The summed E-state index contributed by atoms with van der Waals surface area (Å²) >= 11 is 11.9. The van der Waals surface area contributed by atoms with E-state index in [4.69, 9.17) is 33.7 Å². The third-order valence-electron chi connectivity index (χ3n) is 2.18. The summed E-state index contributed by atoms with van der Waals surface area (Å²) in [7, 11) is 1.88. The van der Waals surface area contributed by atoms with Crippen molar-refractivity contribution in [1.29, 1.82) is 0 Å². The Bertz CT molecular complexity index is 385. The molecule has 0 amide bonds. The molecule has 0 spiro atoms. The number of halogens is 2. The Morgan fingerprint density at radius 3 is 2.65 bits per heavy atom. The summed E-state index contributed by atoms with van der Waals surface area (Å²) in [6.07, 6.45) is 0.210. The van der Waals surface area contributed by atoms with Gasteiger partial charge in [0, 0.05) is 13.6 Å². The zero-order valence-corrected chi connectivity index (χ0v) is 11.7. The summed E-state index contributed by atoms with van der Waals surface area (Å²) in [6.45, 7) is 5.28. The van der Waals surface area contributed by atoms with Gasteiger partial charge in [-0.25, -0.2) is 4.98 Å². The summed E-state index contributed by atoms with van der Waals surface area (Å²) in [4.78, 5) is 6.04. The van der Waals surface area contributed by atoms with Crippen LogP contribution in [-0.2, 0) is 4.74 Å². The van der Waals surface area contributed by atoms with E-state index in [-0.39, 0.29) is 11.9 Å². The van der Waals surface area contributed by atoms with Gasteiger partial charge in [-0.2, -0.15) is 0 Å². The van der Waals surface area contributed by atoms with Crippen LogP contribution in [0, 0.1) is 0 Å². The lowest BCUT2D eigenvalue weighted by molar-refractivity contribution is 0.0845. The van der Waals surface area contributed by atoms with Crippen LogP contribution in [0.3, 0.4) is 0 Å². The number of pyridine rings is 1. The minimum atomic E-state index is 0.210. The number of ether oxygens (including phenoxy) is 1. The van der Waals surface area contributed by atoms with Gasteiger partial charge in [0.25, 0.3) is 0 Å². The Labute approximate surface area is 112 Å². The largest absolute Gasteiger partial charge is 0.382 e. The molecule has 1 aromatic heterocycles. The molecule has 0 saturated heterocycles. The molecule has 0 aliphatic heterocycles. The Balaban J connectivity index is 2.68. The van der Waals surface area contributed by atoms with E-state index in [2.05, 4.69) is 4.98 Å². The number of anilines is 2. The first-order chi connectivity index (χ1) is 7.91. The maximum absolute atomic E-state index is 6.05. The highest BCUT2D eigenvalue weighted by Crippen LogP contribution is 2.29. The fourth-order valence-corrected chi connectivity index (χ4v) is 1.77. The van der Waals surface area contributed by atoms with Gasteiger partial charge >= 0.3 is 0 Å². The van der Waals surface area contributed by atoms with Crippen LogP contribution in [0.25, 0.3) is 0 Å². The second-order valence-electron chi connectivity index (χ2n) is 4.00. The van der Waals surface area contributed by atoms with E-state index >= 15 is 0 Å². The molecule has 0 fully saturated rings.